The van der Waals surface area contributed by atoms with Crippen LogP contribution >= 0.6 is 0 Å². The molecule has 4 nitrogen and oxygen atoms in total. The number of carbonyl (C=O) groups excluding carboxylic acids is 1. The molecule has 0 aliphatic heterocycles. The van der Waals surface area contributed by atoms with Gasteiger partial charge < -0.3 is 15.4 Å². The zero-order chi connectivity index (χ0) is 15.8. The minimum absolute atomic E-state index is 0.0954. The maximum Gasteiger partial charge on any atom is 0.247 e. The Bertz CT molecular complexity index is 609. The Morgan fingerprint density at radius 1 is 1.18 bits per heavy atom. The first kappa shape index (κ1) is 15.6. The lowest BCUT2D eigenvalue weighted by Crippen LogP contribution is -2.33. The van der Waals surface area contributed by atoms with Crippen molar-refractivity contribution in [3.8, 4) is 5.75 Å². The van der Waals surface area contributed by atoms with Crippen LogP contribution in [-0.4, -0.2) is 19.6 Å². The molecule has 2 aromatic carbocycles. The second kappa shape index (κ2) is 7.88. The van der Waals surface area contributed by atoms with Crippen molar-refractivity contribution in [2.75, 3.05) is 19.0 Å². The molecule has 2 rings (SSSR count). The number of rotatable bonds is 7. The van der Waals surface area contributed by atoms with Gasteiger partial charge in [-0.15, -0.1) is 6.58 Å². The van der Waals surface area contributed by atoms with Crippen LogP contribution in [0, 0.1) is 0 Å². The third-order valence-electron chi connectivity index (χ3n) is 3.22. The number of hydrogen-bond donors (Lipinski definition) is 2. The van der Waals surface area contributed by atoms with E-state index in [4.69, 9.17) is 4.74 Å². The van der Waals surface area contributed by atoms with Crippen LogP contribution in [0.1, 0.15) is 11.6 Å². The molecule has 0 saturated heterocycles. The smallest absolute Gasteiger partial charge is 0.247 e. The van der Waals surface area contributed by atoms with Gasteiger partial charge in [0.15, 0.2) is 0 Å². The minimum atomic E-state index is -0.463. The Balaban J connectivity index is 2.19. The molecule has 0 radical (unpaired) electrons. The molecule has 4 heteroatoms. The van der Waals surface area contributed by atoms with E-state index in [0.29, 0.717) is 6.54 Å². The highest BCUT2D eigenvalue weighted by Crippen LogP contribution is 2.22. The van der Waals surface area contributed by atoms with Crippen LogP contribution in [0.2, 0.25) is 0 Å². The van der Waals surface area contributed by atoms with Crippen molar-refractivity contribution in [1.82, 2.24) is 5.32 Å². The summed E-state index contributed by atoms with van der Waals surface area (Å²) in [7, 11) is 1.62. The summed E-state index contributed by atoms with van der Waals surface area (Å²) in [5.74, 6) is 0.680. The van der Waals surface area contributed by atoms with E-state index in [1.807, 2.05) is 54.6 Å². The molecule has 2 N–H and O–H groups in total. The summed E-state index contributed by atoms with van der Waals surface area (Å²) >= 11 is 0. The predicted molar refractivity (Wildman–Crippen MR) is 89.0 cm³/mol. The van der Waals surface area contributed by atoms with Crippen LogP contribution in [-0.2, 0) is 4.79 Å². The molecule has 1 amide bonds. The molecule has 1 atom stereocenters. The SMILES string of the molecule is C=CCNC(=O)[C@H](Nc1ccc(OC)cc1)c1ccccc1. The summed E-state index contributed by atoms with van der Waals surface area (Å²) in [5, 5.41) is 6.08. The predicted octanol–water partition coefficient (Wildman–Crippen LogP) is 3.15. The molecule has 0 spiro atoms. The molecule has 2 aromatic rings. The third kappa shape index (κ3) is 4.12. The highest BCUT2D eigenvalue weighted by Gasteiger charge is 2.19. The van der Waals surface area contributed by atoms with Gasteiger partial charge >= 0.3 is 0 Å². The Hall–Kier alpha value is -2.75. The molecule has 0 unspecified atom stereocenters. The van der Waals surface area contributed by atoms with E-state index in [1.54, 1.807) is 13.2 Å². The quantitative estimate of drug-likeness (QED) is 0.772. The second-order valence-corrected chi connectivity index (χ2v) is 4.75. The summed E-state index contributed by atoms with van der Waals surface area (Å²) in [6, 6.07) is 16.6. The van der Waals surface area contributed by atoms with Crippen LogP contribution in [0.4, 0.5) is 5.69 Å². The topological polar surface area (TPSA) is 50.4 Å². The van der Waals surface area contributed by atoms with Gasteiger partial charge in [0.05, 0.1) is 7.11 Å². The standard InChI is InChI=1S/C18H20N2O2/c1-3-13-19-18(21)17(14-7-5-4-6-8-14)20-15-9-11-16(22-2)12-10-15/h3-12,17,20H,1,13H2,2H3,(H,19,21)/t17-/m1/s1. The van der Waals surface area contributed by atoms with Crippen molar-refractivity contribution >= 4 is 11.6 Å². The van der Waals surface area contributed by atoms with Crippen molar-refractivity contribution in [1.29, 1.82) is 0 Å². The van der Waals surface area contributed by atoms with Crippen LogP contribution in [0.25, 0.3) is 0 Å². The van der Waals surface area contributed by atoms with E-state index in [1.165, 1.54) is 0 Å². The lowest BCUT2D eigenvalue weighted by molar-refractivity contribution is -0.121. The molecule has 22 heavy (non-hydrogen) atoms. The summed E-state index contributed by atoms with van der Waals surface area (Å²) in [5.41, 5.74) is 1.75. The lowest BCUT2D eigenvalue weighted by atomic mass is 10.1. The fourth-order valence-electron chi connectivity index (χ4n) is 2.07. The molecule has 0 fully saturated rings. The Morgan fingerprint density at radius 2 is 1.86 bits per heavy atom. The Morgan fingerprint density at radius 3 is 2.45 bits per heavy atom. The first-order chi connectivity index (χ1) is 10.7. The van der Waals surface area contributed by atoms with E-state index in [9.17, 15) is 4.79 Å². The average molecular weight is 296 g/mol. The number of hydrogen-bond acceptors (Lipinski definition) is 3. The minimum Gasteiger partial charge on any atom is -0.497 e. The number of benzene rings is 2. The Labute approximate surface area is 130 Å². The van der Waals surface area contributed by atoms with Crippen molar-refractivity contribution in [2.24, 2.45) is 0 Å². The highest BCUT2D eigenvalue weighted by atomic mass is 16.5. The highest BCUT2D eigenvalue weighted by molar-refractivity contribution is 5.86. The second-order valence-electron chi connectivity index (χ2n) is 4.75. The van der Waals surface area contributed by atoms with Gasteiger partial charge in [0.1, 0.15) is 11.8 Å². The normalized spacial score (nSPS) is 11.3. The number of amides is 1. The average Bonchev–Trinajstić information content (AvgIpc) is 2.59. The monoisotopic (exact) mass is 296 g/mol. The number of nitrogens with one attached hydrogen (secondary N) is 2. The maximum absolute atomic E-state index is 12.4. The summed E-state index contributed by atoms with van der Waals surface area (Å²) in [6.45, 7) is 4.06. The number of ether oxygens (including phenoxy) is 1. The molecule has 0 aromatic heterocycles. The van der Waals surface area contributed by atoms with E-state index >= 15 is 0 Å². The van der Waals surface area contributed by atoms with Gasteiger partial charge in [-0.3, -0.25) is 4.79 Å². The molecular weight excluding hydrogens is 276 g/mol. The van der Waals surface area contributed by atoms with Gasteiger partial charge in [-0.25, -0.2) is 0 Å². The summed E-state index contributed by atoms with van der Waals surface area (Å²) < 4.78 is 5.14. The first-order valence-corrected chi connectivity index (χ1v) is 7.08. The van der Waals surface area contributed by atoms with E-state index in [0.717, 1.165) is 17.0 Å². The summed E-state index contributed by atoms with van der Waals surface area (Å²) in [4.78, 5) is 12.4. The van der Waals surface area contributed by atoms with Gasteiger partial charge in [0.2, 0.25) is 5.91 Å². The number of methoxy groups -OCH3 is 1. The van der Waals surface area contributed by atoms with Crippen molar-refractivity contribution in [2.45, 2.75) is 6.04 Å². The third-order valence-corrected chi connectivity index (χ3v) is 3.22. The van der Waals surface area contributed by atoms with E-state index in [-0.39, 0.29) is 5.91 Å². The van der Waals surface area contributed by atoms with Gasteiger partial charge in [-0.05, 0) is 29.8 Å². The van der Waals surface area contributed by atoms with Gasteiger partial charge in [-0.1, -0.05) is 36.4 Å². The van der Waals surface area contributed by atoms with Crippen molar-refractivity contribution in [3.63, 3.8) is 0 Å². The van der Waals surface area contributed by atoms with E-state index in [2.05, 4.69) is 17.2 Å². The van der Waals surface area contributed by atoms with Crippen LogP contribution < -0.4 is 15.4 Å². The molecule has 0 aliphatic rings. The molecular formula is C18H20N2O2. The molecule has 0 heterocycles. The van der Waals surface area contributed by atoms with Crippen LogP contribution in [0.15, 0.2) is 67.3 Å². The maximum atomic E-state index is 12.4. The zero-order valence-electron chi connectivity index (χ0n) is 12.6. The van der Waals surface area contributed by atoms with Crippen LogP contribution in [0.3, 0.4) is 0 Å². The Kier molecular flexibility index (Phi) is 5.60. The lowest BCUT2D eigenvalue weighted by Gasteiger charge is -2.19. The molecule has 0 bridgehead atoms. The van der Waals surface area contributed by atoms with Gasteiger partial charge in [-0.2, -0.15) is 0 Å². The largest absolute Gasteiger partial charge is 0.497 e. The van der Waals surface area contributed by atoms with Crippen molar-refractivity contribution in [3.05, 3.63) is 72.8 Å². The van der Waals surface area contributed by atoms with Crippen molar-refractivity contribution < 1.29 is 9.53 Å². The van der Waals surface area contributed by atoms with Gasteiger partial charge in [0, 0.05) is 12.2 Å². The molecule has 114 valence electrons. The number of anilines is 1. The zero-order valence-corrected chi connectivity index (χ0v) is 12.6. The van der Waals surface area contributed by atoms with E-state index < -0.39 is 6.04 Å². The fraction of sp³-hybridized carbons (Fsp3) is 0.167. The van der Waals surface area contributed by atoms with Crippen LogP contribution in [0.5, 0.6) is 5.75 Å². The molecule has 0 aliphatic carbocycles. The van der Waals surface area contributed by atoms with Gasteiger partial charge in [0.25, 0.3) is 0 Å². The molecule has 0 saturated carbocycles. The first-order valence-electron chi connectivity index (χ1n) is 7.08. The summed E-state index contributed by atoms with van der Waals surface area (Å²) in [6.07, 6.45) is 1.66. The number of carbonyl (C=O) groups is 1. The fourth-order valence-corrected chi connectivity index (χ4v) is 2.07.